The number of likely N-dealkylation sites (tertiary alicyclic amines) is 1. The Balaban J connectivity index is 1.97. The molecule has 118 valence electrons. The van der Waals surface area contributed by atoms with E-state index in [1.807, 2.05) is 6.07 Å². The summed E-state index contributed by atoms with van der Waals surface area (Å²) in [6, 6.07) is 1.98. The average Bonchev–Trinajstić information content (AvgIpc) is 2.89. The lowest BCUT2D eigenvalue weighted by atomic mass is 10.1. The van der Waals surface area contributed by atoms with Crippen LogP contribution in [0.2, 0.25) is 0 Å². The Morgan fingerprint density at radius 3 is 2.71 bits per heavy atom. The van der Waals surface area contributed by atoms with E-state index in [0.29, 0.717) is 18.3 Å². The maximum absolute atomic E-state index is 5.15. The summed E-state index contributed by atoms with van der Waals surface area (Å²) in [6.07, 6.45) is 2.32. The molecule has 0 spiro atoms. The molecule has 1 aliphatic heterocycles. The molecule has 2 heterocycles. The Labute approximate surface area is 127 Å². The molecule has 2 N–H and O–H groups in total. The minimum absolute atomic E-state index is 0.433. The average molecular weight is 293 g/mol. The van der Waals surface area contributed by atoms with Crippen LogP contribution in [0.4, 0.5) is 11.6 Å². The van der Waals surface area contributed by atoms with Crippen molar-refractivity contribution < 1.29 is 4.74 Å². The van der Waals surface area contributed by atoms with Gasteiger partial charge in [-0.2, -0.15) is 0 Å². The second-order valence-electron chi connectivity index (χ2n) is 5.71. The lowest BCUT2D eigenvalue weighted by Gasteiger charge is -2.14. The number of nitrogens with zero attached hydrogens (tertiary/aromatic N) is 3. The molecule has 1 saturated heterocycles. The molecular formula is C15H27N5O. The Hall–Kier alpha value is -1.40. The molecule has 0 aliphatic carbocycles. The lowest BCUT2D eigenvalue weighted by molar-refractivity contribution is 0.178. The fraction of sp³-hybridized carbons (Fsp3) is 0.733. The molecule has 1 unspecified atom stereocenters. The first-order valence-electron chi connectivity index (χ1n) is 7.74. The summed E-state index contributed by atoms with van der Waals surface area (Å²) in [5.74, 6) is 3.16. The summed E-state index contributed by atoms with van der Waals surface area (Å²) >= 11 is 0. The quantitative estimate of drug-likeness (QED) is 0.762. The van der Waals surface area contributed by atoms with Gasteiger partial charge in [0.15, 0.2) is 5.82 Å². The van der Waals surface area contributed by atoms with Gasteiger partial charge >= 0.3 is 0 Å². The van der Waals surface area contributed by atoms with Crippen LogP contribution in [0.5, 0.6) is 0 Å². The van der Waals surface area contributed by atoms with Gasteiger partial charge in [0.05, 0.1) is 0 Å². The van der Waals surface area contributed by atoms with Crippen molar-refractivity contribution in [1.29, 1.82) is 0 Å². The monoisotopic (exact) mass is 293 g/mol. The van der Waals surface area contributed by atoms with Gasteiger partial charge in [0.25, 0.3) is 0 Å². The topological polar surface area (TPSA) is 62.3 Å². The molecule has 1 fully saturated rings. The van der Waals surface area contributed by atoms with Gasteiger partial charge < -0.3 is 20.3 Å². The van der Waals surface area contributed by atoms with Gasteiger partial charge in [0.1, 0.15) is 18.2 Å². The van der Waals surface area contributed by atoms with Crippen LogP contribution in [0.1, 0.15) is 25.6 Å². The zero-order valence-electron chi connectivity index (χ0n) is 13.4. The van der Waals surface area contributed by atoms with E-state index in [1.54, 1.807) is 7.11 Å². The van der Waals surface area contributed by atoms with E-state index in [1.165, 1.54) is 13.0 Å². The first-order chi connectivity index (χ1) is 10.2. The minimum Gasteiger partial charge on any atom is -0.377 e. The Morgan fingerprint density at radius 1 is 1.33 bits per heavy atom. The number of methoxy groups -OCH3 is 1. The van der Waals surface area contributed by atoms with Crippen molar-refractivity contribution in [3.63, 3.8) is 0 Å². The number of aromatic nitrogens is 2. The molecule has 6 nitrogen and oxygen atoms in total. The van der Waals surface area contributed by atoms with Crippen LogP contribution in [0.3, 0.4) is 0 Å². The third kappa shape index (κ3) is 5.13. The number of ether oxygens (including phenoxy) is 1. The molecule has 1 aliphatic rings. The SMILES string of the molecule is CCCNc1cc(NCC2CCN(C)C2)nc(COC)n1. The number of hydrogen-bond acceptors (Lipinski definition) is 6. The Morgan fingerprint density at radius 2 is 2.10 bits per heavy atom. The Bertz CT molecular complexity index is 440. The predicted octanol–water partition coefficient (Wildman–Crippen LogP) is 1.81. The van der Waals surface area contributed by atoms with Gasteiger partial charge in [0.2, 0.25) is 0 Å². The molecule has 1 aromatic rings. The standard InChI is InChI=1S/C15H27N5O/c1-4-6-16-13-8-14(19-15(18-13)11-21-3)17-9-12-5-7-20(2)10-12/h8,12H,4-7,9-11H2,1-3H3,(H2,16,17,18,19). The van der Waals surface area contributed by atoms with Crippen molar-refractivity contribution in [2.75, 3.05) is 51.0 Å². The normalized spacial score (nSPS) is 18.9. The van der Waals surface area contributed by atoms with Gasteiger partial charge in [-0.1, -0.05) is 6.92 Å². The number of anilines is 2. The van der Waals surface area contributed by atoms with Crippen LogP contribution in [0.15, 0.2) is 6.07 Å². The van der Waals surface area contributed by atoms with Gasteiger partial charge in [-0.3, -0.25) is 0 Å². The van der Waals surface area contributed by atoms with E-state index in [2.05, 4.69) is 39.5 Å². The molecule has 0 saturated carbocycles. The summed E-state index contributed by atoms with van der Waals surface area (Å²) in [5, 5.41) is 6.76. The van der Waals surface area contributed by atoms with Gasteiger partial charge in [-0.15, -0.1) is 0 Å². The summed E-state index contributed by atoms with van der Waals surface area (Å²) in [6.45, 7) is 6.79. The van der Waals surface area contributed by atoms with Crippen LogP contribution in [-0.4, -0.2) is 55.2 Å². The van der Waals surface area contributed by atoms with E-state index in [-0.39, 0.29) is 0 Å². The van der Waals surface area contributed by atoms with Gasteiger partial charge in [-0.05, 0) is 32.4 Å². The second-order valence-corrected chi connectivity index (χ2v) is 5.71. The van der Waals surface area contributed by atoms with Crippen molar-refractivity contribution in [3.8, 4) is 0 Å². The highest BCUT2D eigenvalue weighted by molar-refractivity contribution is 5.47. The summed E-state index contributed by atoms with van der Waals surface area (Å²) in [5.41, 5.74) is 0. The first kappa shape index (κ1) is 16.0. The first-order valence-corrected chi connectivity index (χ1v) is 7.74. The fourth-order valence-corrected chi connectivity index (χ4v) is 2.57. The molecule has 1 atom stereocenters. The van der Waals surface area contributed by atoms with Crippen LogP contribution in [-0.2, 0) is 11.3 Å². The molecule has 0 aromatic carbocycles. The third-order valence-electron chi connectivity index (χ3n) is 3.66. The molecule has 1 aromatic heterocycles. The predicted molar refractivity (Wildman–Crippen MR) is 85.6 cm³/mol. The summed E-state index contributed by atoms with van der Waals surface area (Å²) < 4.78 is 5.15. The zero-order chi connectivity index (χ0) is 15.1. The third-order valence-corrected chi connectivity index (χ3v) is 3.66. The molecule has 0 amide bonds. The number of rotatable bonds is 8. The highest BCUT2D eigenvalue weighted by Gasteiger charge is 2.19. The van der Waals surface area contributed by atoms with Crippen LogP contribution >= 0.6 is 0 Å². The van der Waals surface area contributed by atoms with E-state index in [4.69, 9.17) is 4.74 Å². The van der Waals surface area contributed by atoms with Crippen LogP contribution < -0.4 is 10.6 Å². The highest BCUT2D eigenvalue weighted by Crippen LogP contribution is 2.17. The van der Waals surface area contributed by atoms with Crippen molar-refractivity contribution in [2.45, 2.75) is 26.4 Å². The van der Waals surface area contributed by atoms with Crippen molar-refractivity contribution in [2.24, 2.45) is 5.92 Å². The zero-order valence-corrected chi connectivity index (χ0v) is 13.4. The molecular weight excluding hydrogens is 266 g/mol. The van der Waals surface area contributed by atoms with Crippen LogP contribution in [0, 0.1) is 5.92 Å². The van der Waals surface area contributed by atoms with E-state index >= 15 is 0 Å². The largest absolute Gasteiger partial charge is 0.377 e. The van der Waals surface area contributed by atoms with E-state index < -0.39 is 0 Å². The van der Waals surface area contributed by atoms with Gasteiger partial charge in [0, 0.05) is 32.8 Å². The maximum Gasteiger partial charge on any atom is 0.158 e. The van der Waals surface area contributed by atoms with E-state index in [0.717, 1.165) is 37.7 Å². The van der Waals surface area contributed by atoms with Crippen LogP contribution in [0.25, 0.3) is 0 Å². The summed E-state index contributed by atoms with van der Waals surface area (Å²) in [4.78, 5) is 11.3. The number of hydrogen-bond donors (Lipinski definition) is 2. The minimum atomic E-state index is 0.433. The lowest BCUT2D eigenvalue weighted by Crippen LogP contribution is -2.20. The molecule has 6 heteroatoms. The van der Waals surface area contributed by atoms with Gasteiger partial charge in [-0.25, -0.2) is 9.97 Å². The molecule has 2 rings (SSSR count). The Kier molecular flexibility index (Phi) is 6.20. The number of nitrogens with one attached hydrogen (secondary N) is 2. The second kappa shape index (κ2) is 8.14. The van der Waals surface area contributed by atoms with E-state index in [9.17, 15) is 0 Å². The van der Waals surface area contributed by atoms with Crippen molar-refractivity contribution in [1.82, 2.24) is 14.9 Å². The smallest absolute Gasteiger partial charge is 0.158 e. The van der Waals surface area contributed by atoms with Crippen molar-refractivity contribution >= 4 is 11.6 Å². The molecule has 0 bridgehead atoms. The summed E-state index contributed by atoms with van der Waals surface area (Å²) in [7, 11) is 3.84. The highest BCUT2D eigenvalue weighted by atomic mass is 16.5. The molecule has 0 radical (unpaired) electrons. The maximum atomic E-state index is 5.15. The fourth-order valence-electron chi connectivity index (χ4n) is 2.57. The molecule has 21 heavy (non-hydrogen) atoms. The van der Waals surface area contributed by atoms with Crippen molar-refractivity contribution in [3.05, 3.63) is 11.9 Å².